The molecule has 0 aliphatic carbocycles. The molecular weight excluding hydrogens is 414 g/mol. The first-order valence-corrected chi connectivity index (χ1v) is 9.25. The molecule has 1 fully saturated rings. The monoisotopic (exact) mass is 431 g/mol. The lowest BCUT2D eigenvalue weighted by Gasteiger charge is -2.44. The van der Waals surface area contributed by atoms with E-state index >= 15 is 8.78 Å². The Bertz CT molecular complexity index is 930. The van der Waals surface area contributed by atoms with Crippen molar-refractivity contribution in [2.24, 2.45) is 0 Å². The minimum atomic E-state index is -3.54. The maximum atomic E-state index is 15.5. The van der Waals surface area contributed by atoms with Gasteiger partial charge < -0.3 is 10.1 Å². The Labute approximate surface area is 170 Å². The SMILES string of the molecule is CC1(C)OCC(=S)N[C@](C)(c2cc(-c3cc(F)cc(Cl)c3)ccc2F)C1(F)F. The topological polar surface area (TPSA) is 21.3 Å². The van der Waals surface area contributed by atoms with Crippen molar-refractivity contribution in [2.45, 2.75) is 37.8 Å². The standard InChI is InChI=1S/C20H18ClF4NOS/c1-18(2)20(24,25)19(3,26-17(28)10-27-18)15-8-11(4-5-16(15)23)12-6-13(21)9-14(22)7-12/h4-9H,10H2,1-3H3,(H,26,28)/t19-/m1/s1. The summed E-state index contributed by atoms with van der Waals surface area (Å²) in [7, 11) is 0. The molecule has 3 rings (SSSR count). The second-order valence-corrected chi connectivity index (χ2v) is 8.33. The highest BCUT2D eigenvalue weighted by molar-refractivity contribution is 7.80. The van der Waals surface area contributed by atoms with E-state index < -0.39 is 28.7 Å². The lowest BCUT2D eigenvalue weighted by molar-refractivity contribution is -0.216. The van der Waals surface area contributed by atoms with E-state index in [0.717, 1.165) is 12.1 Å². The van der Waals surface area contributed by atoms with Crippen LogP contribution in [-0.2, 0) is 10.3 Å². The van der Waals surface area contributed by atoms with Crippen LogP contribution in [0.4, 0.5) is 17.6 Å². The molecule has 1 heterocycles. The smallest absolute Gasteiger partial charge is 0.302 e. The van der Waals surface area contributed by atoms with E-state index in [1.165, 1.54) is 45.0 Å². The highest BCUT2D eigenvalue weighted by Crippen LogP contribution is 2.48. The highest BCUT2D eigenvalue weighted by atomic mass is 35.5. The summed E-state index contributed by atoms with van der Waals surface area (Å²) in [5.41, 5.74) is -3.74. The first-order valence-electron chi connectivity index (χ1n) is 8.47. The Hall–Kier alpha value is -1.70. The summed E-state index contributed by atoms with van der Waals surface area (Å²) in [5.74, 6) is -4.98. The van der Waals surface area contributed by atoms with Gasteiger partial charge in [-0.1, -0.05) is 29.9 Å². The van der Waals surface area contributed by atoms with Gasteiger partial charge in [0.05, 0.1) is 6.61 Å². The minimum absolute atomic E-state index is 0.0337. The molecule has 1 aliphatic rings. The van der Waals surface area contributed by atoms with Gasteiger partial charge in [-0.25, -0.2) is 17.6 Å². The van der Waals surface area contributed by atoms with Crippen LogP contribution in [0.25, 0.3) is 11.1 Å². The van der Waals surface area contributed by atoms with E-state index in [1.54, 1.807) is 0 Å². The molecule has 28 heavy (non-hydrogen) atoms. The van der Waals surface area contributed by atoms with E-state index in [1.807, 2.05) is 0 Å². The van der Waals surface area contributed by atoms with E-state index in [0.29, 0.717) is 11.1 Å². The van der Waals surface area contributed by atoms with Crippen LogP contribution in [-0.4, -0.2) is 23.1 Å². The van der Waals surface area contributed by atoms with Gasteiger partial charge in [0.2, 0.25) is 0 Å². The Kier molecular flexibility index (Phi) is 5.23. The quantitative estimate of drug-likeness (QED) is 0.475. The molecule has 0 radical (unpaired) electrons. The fourth-order valence-corrected chi connectivity index (χ4v) is 3.86. The van der Waals surface area contributed by atoms with Gasteiger partial charge in [-0.15, -0.1) is 0 Å². The van der Waals surface area contributed by atoms with Crippen molar-refractivity contribution in [3.05, 3.63) is 58.6 Å². The first-order chi connectivity index (χ1) is 12.9. The molecule has 150 valence electrons. The van der Waals surface area contributed by atoms with Gasteiger partial charge in [0.15, 0.2) is 0 Å². The van der Waals surface area contributed by atoms with Gasteiger partial charge in [0, 0.05) is 10.6 Å². The summed E-state index contributed by atoms with van der Waals surface area (Å²) in [6.45, 7) is 3.43. The van der Waals surface area contributed by atoms with Crippen molar-refractivity contribution >= 4 is 28.8 Å². The highest BCUT2D eigenvalue weighted by Gasteiger charge is 2.64. The summed E-state index contributed by atoms with van der Waals surface area (Å²) < 4.78 is 64.8. The van der Waals surface area contributed by atoms with Crippen molar-refractivity contribution in [1.29, 1.82) is 0 Å². The molecule has 2 aromatic carbocycles. The van der Waals surface area contributed by atoms with Crippen LogP contribution >= 0.6 is 23.8 Å². The number of thiocarbonyl (C=S) groups is 1. The number of nitrogens with one attached hydrogen (secondary N) is 1. The average molecular weight is 432 g/mol. The molecule has 0 unspecified atom stereocenters. The fourth-order valence-electron chi connectivity index (χ4n) is 3.38. The fraction of sp³-hybridized carbons (Fsp3) is 0.350. The van der Waals surface area contributed by atoms with Crippen LogP contribution in [0, 0.1) is 11.6 Å². The van der Waals surface area contributed by atoms with Gasteiger partial charge in [0.25, 0.3) is 0 Å². The van der Waals surface area contributed by atoms with Gasteiger partial charge in [-0.2, -0.15) is 0 Å². The molecule has 0 bridgehead atoms. The Balaban J connectivity index is 2.22. The predicted octanol–water partition coefficient (Wildman–Crippen LogP) is 5.86. The summed E-state index contributed by atoms with van der Waals surface area (Å²) in [5, 5.41) is 2.72. The molecule has 2 nitrogen and oxygen atoms in total. The summed E-state index contributed by atoms with van der Waals surface area (Å²) in [6.07, 6.45) is 0. The van der Waals surface area contributed by atoms with Crippen molar-refractivity contribution in [3.63, 3.8) is 0 Å². The van der Waals surface area contributed by atoms with Gasteiger partial charge in [0.1, 0.15) is 27.8 Å². The Morgan fingerprint density at radius 3 is 2.36 bits per heavy atom. The molecule has 1 N–H and O–H groups in total. The third-order valence-corrected chi connectivity index (χ3v) is 5.48. The summed E-state index contributed by atoms with van der Waals surface area (Å²) >= 11 is 11.0. The van der Waals surface area contributed by atoms with Crippen LogP contribution < -0.4 is 5.32 Å². The molecule has 2 aromatic rings. The number of rotatable bonds is 2. The van der Waals surface area contributed by atoms with E-state index in [2.05, 4.69) is 5.32 Å². The number of ether oxygens (including phenoxy) is 1. The van der Waals surface area contributed by atoms with Crippen molar-refractivity contribution in [3.8, 4) is 11.1 Å². The second-order valence-electron chi connectivity index (χ2n) is 7.40. The number of hydrogen-bond donors (Lipinski definition) is 1. The van der Waals surface area contributed by atoms with Gasteiger partial charge >= 0.3 is 5.92 Å². The molecule has 1 aliphatic heterocycles. The first kappa shape index (κ1) is 21.0. The number of halogens is 5. The Morgan fingerprint density at radius 1 is 1.04 bits per heavy atom. The average Bonchev–Trinajstić information content (AvgIpc) is 2.64. The molecule has 0 aromatic heterocycles. The lowest BCUT2D eigenvalue weighted by atomic mass is 9.77. The number of benzene rings is 2. The molecule has 0 saturated carbocycles. The lowest BCUT2D eigenvalue weighted by Crippen LogP contribution is -2.62. The van der Waals surface area contributed by atoms with Crippen molar-refractivity contribution < 1.29 is 22.3 Å². The largest absolute Gasteiger partial charge is 0.363 e. The molecule has 1 atom stereocenters. The minimum Gasteiger partial charge on any atom is -0.363 e. The number of alkyl halides is 2. The summed E-state index contributed by atoms with van der Waals surface area (Å²) in [6, 6.07) is 7.49. The Morgan fingerprint density at radius 2 is 1.71 bits per heavy atom. The zero-order valence-electron chi connectivity index (χ0n) is 15.4. The van der Waals surface area contributed by atoms with Crippen molar-refractivity contribution in [1.82, 2.24) is 5.32 Å². The van der Waals surface area contributed by atoms with Crippen LogP contribution in [0.5, 0.6) is 0 Å². The zero-order valence-corrected chi connectivity index (χ0v) is 16.9. The third kappa shape index (κ3) is 3.40. The van der Waals surface area contributed by atoms with Crippen LogP contribution in [0.1, 0.15) is 26.3 Å². The second kappa shape index (κ2) is 6.97. The van der Waals surface area contributed by atoms with Gasteiger partial charge in [-0.05, 0) is 62.2 Å². The van der Waals surface area contributed by atoms with E-state index in [4.69, 9.17) is 28.6 Å². The predicted molar refractivity (Wildman–Crippen MR) is 105 cm³/mol. The zero-order chi connectivity index (χ0) is 20.9. The normalized spacial score (nSPS) is 23.8. The number of hydrogen-bond acceptors (Lipinski definition) is 2. The third-order valence-electron chi connectivity index (χ3n) is 5.04. The van der Waals surface area contributed by atoms with Gasteiger partial charge in [-0.3, -0.25) is 0 Å². The maximum absolute atomic E-state index is 15.5. The molecule has 8 heteroatoms. The van der Waals surface area contributed by atoms with Crippen LogP contribution in [0.3, 0.4) is 0 Å². The van der Waals surface area contributed by atoms with E-state index in [9.17, 15) is 8.78 Å². The molecule has 1 saturated heterocycles. The van der Waals surface area contributed by atoms with Crippen molar-refractivity contribution in [2.75, 3.05) is 6.61 Å². The molecule has 0 spiro atoms. The molecular formula is C20H18ClF4NOS. The summed E-state index contributed by atoms with van der Waals surface area (Å²) in [4.78, 5) is 0.0337. The van der Waals surface area contributed by atoms with E-state index in [-0.39, 0.29) is 22.2 Å². The maximum Gasteiger partial charge on any atom is 0.302 e. The van der Waals surface area contributed by atoms with Crippen LogP contribution in [0.2, 0.25) is 5.02 Å². The molecule has 0 amide bonds. The van der Waals surface area contributed by atoms with Crippen LogP contribution in [0.15, 0.2) is 36.4 Å².